The van der Waals surface area contributed by atoms with E-state index in [1.54, 1.807) is 0 Å². The number of carbonyl (C=O) groups excluding carboxylic acids is 1. The summed E-state index contributed by atoms with van der Waals surface area (Å²) in [4.78, 5) is 21.1. The Morgan fingerprint density at radius 1 is 1.60 bits per heavy atom. The van der Waals surface area contributed by atoms with E-state index in [-0.39, 0.29) is 11.6 Å². The molecule has 0 bridgehead atoms. The van der Waals surface area contributed by atoms with Crippen LogP contribution in [0.2, 0.25) is 5.02 Å². The van der Waals surface area contributed by atoms with Gasteiger partial charge >= 0.3 is 11.9 Å². The average molecular weight is 309 g/mol. The average Bonchev–Trinajstić information content (AvgIpc) is 2.37. The minimum atomic E-state index is -4.11. The fraction of sp³-hybridized carbons (Fsp3) is 0.364. The molecule has 0 aromatic heterocycles. The summed E-state index contributed by atoms with van der Waals surface area (Å²) in [6, 6.07) is 0.801. The number of nitrogens with zero attached hydrogens (tertiary/aromatic N) is 1. The maximum Gasteiger partial charge on any atom is 0.379 e. The van der Waals surface area contributed by atoms with Crippen LogP contribution in [-0.2, 0) is 9.53 Å². The molecule has 6 nitrogen and oxygen atoms in total. The number of halogens is 3. The van der Waals surface area contributed by atoms with Gasteiger partial charge in [0.15, 0.2) is 0 Å². The normalized spacial score (nSPS) is 12.8. The van der Waals surface area contributed by atoms with E-state index in [1.807, 2.05) is 0 Å². The van der Waals surface area contributed by atoms with E-state index in [1.165, 1.54) is 13.0 Å². The molecule has 0 aliphatic rings. The number of esters is 1. The standard InChI is InChI=1S/C11H11ClF2N2O4/c1-2-20-10(17)11(13,14)9(15)7-5-6(12)3-4-8(7)16(18)19/h3-5,9H,2,15H2,1H3/t9-/m1/s1. The van der Waals surface area contributed by atoms with Gasteiger partial charge in [0, 0.05) is 11.1 Å². The van der Waals surface area contributed by atoms with Crippen LogP contribution in [0.25, 0.3) is 0 Å². The van der Waals surface area contributed by atoms with Gasteiger partial charge in [-0.15, -0.1) is 0 Å². The van der Waals surface area contributed by atoms with Crippen molar-refractivity contribution in [1.82, 2.24) is 0 Å². The molecule has 1 aromatic carbocycles. The highest BCUT2D eigenvalue weighted by molar-refractivity contribution is 6.30. The molecule has 1 rings (SSSR count). The molecular formula is C11H11ClF2N2O4. The Labute approximate surface area is 117 Å². The molecule has 0 amide bonds. The molecule has 1 aromatic rings. The van der Waals surface area contributed by atoms with Gasteiger partial charge < -0.3 is 10.5 Å². The number of benzene rings is 1. The summed E-state index contributed by atoms with van der Waals surface area (Å²) in [7, 11) is 0. The summed E-state index contributed by atoms with van der Waals surface area (Å²) >= 11 is 5.62. The predicted molar refractivity (Wildman–Crippen MR) is 66.6 cm³/mol. The lowest BCUT2D eigenvalue weighted by molar-refractivity contribution is -0.386. The number of rotatable bonds is 5. The highest BCUT2D eigenvalue weighted by atomic mass is 35.5. The third-order valence-corrected chi connectivity index (χ3v) is 2.69. The fourth-order valence-electron chi connectivity index (χ4n) is 1.49. The van der Waals surface area contributed by atoms with Crippen LogP contribution in [0.5, 0.6) is 0 Å². The van der Waals surface area contributed by atoms with Crippen molar-refractivity contribution in [3.8, 4) is 0 Å². The Morgan fingerprint density at radius 2 is 2.20 bits per heavy atom. The van der Waals surface area contributed by atoms with E-state index >= 15 is 0 Å². The Bertz CT molecular complexity index is 539. The van der Waals surface area contributed by atoms with Gasteiger partial charge in [0.25, 0.3) is 5.69 Å². The van der Waals surface area contributed by atoms with Gasteiger partial charge in [-0.2, -0.15) is 8.78 Å². The van der Waals surface area contributed by atoms with Crippen LogP contribution in [0.1, 0.15) is 18.5 Å². The number of nitro groups is 1. The Kier molecular flexibility index (Phi) is 4.96. The molecule has 20 heavy (non-hydrogen) atoms. The maximum absolute atomic E-state index is 13.8. The third-order valence-electron chi connectivity index (χ3n) is 2.46. The molecule has 0 fully saturated rings. The van der Waals surface area contributed by atoms with Crippen LogP contribution in [-0.4, -0.2) is 23.4 Å². The van der Waals surface area contributed by atoms with Gasteiger partial charge in [0.05, 0.1) is 17.1 Å². The molecule has 0 radical (unpaired) electrons. The molecule has 0 saturated carbocycles. The van der Waals surface area contributed by atoms with Gasteiger partial charge in [0.2, 0.25) is 0 Å². The SMILES string of the molecule is CCOC(=O)C(F)(F)[C@H](N)c1cc(Cl)ccc1[N+](=O)[O-]. The molecular weight excluding hydrogens is 298 g/mol. The van der Waals surface area contributed by atoms with Gasteiger partial charge in [0.1, 0.15) is 6.04 Å². The van der Waals surface area contributed by atoms with Crippen LogP contribution in [0.4, 0.5) is 14.5 Å². The number of hydrogen-bond acceptors (Lipinski definition) is 5. The predicted octanol–water partition coefficient (Wildman–Crippen LogP) is 2.45. The van der Waals surface area contributed by atoms with E-state index in [4.69, 9.17) is 17.3 Å². The largest absolute Gasteiger partial charge is 0.462 e. The second kappa shape index (κ2) is 6.10. The van der Waals surface area contributed by atoms with Crippen molar-refractivity contribution in [3.63, 3.8) is 0 Å². The molecule has 0 heterocycles. The first-order valence-corrected chi connectivity index (χ1v) is 5.84. The summed E-state index contributed by atoms with van der Waals surface area (Å²) in [6.45, 7) is 1.08. The quantitative estimate of drug-likeness (QED) is 0.512. The Morgan fingerprint density at radius 3 is 2.70 bits per heavy atom. The summed E-state index contributed by atoms with van der Waals surface area (Å²) in [5, 5.41) is 10.8. The molecule has 0 saturated heterocycles. The van der Waals surface area contributed by atoms with Crippen molar-refractivity contribution in [3.05, 3.63) is 38.9 Å². The van der Waals surface area contributed by atoms with Crippen molar-refractivity contribution < 1.29 is 23.2 Å². The van der Waals surface area contributed by atoms with Gasteiger partial charge in [-0.05, 0) is 19.1 Å². The molecule has 0 aliphatic carbocycles. The number of ether oxygens (including phenoxy) is 1. The molecule has 110 valence electrons. The molecule has 0 spiro atoms. The van der Waals surface area contributed by atoms with Crippen molar-refractivity contribution in [2.45, 2.75) is 18.9 Å². The lowest BCUT2D eigenvalue weighted by Gasteiger charge is -2.21. The van der Waals surface area contributed by atoms with E-state index < -0.39 is 34.1 Å². The van der Waals surface area contributed by atoms with Crippen molar-refractivity contribution in [2.24, 2.45) is 5.73 Å². The number of nitrogens with two attached hydrogens (primary N) is 1. The van der Waals surface area contributed by atoms with Crippen LogP contribution in [0.15, 0.2) is 18.2 Å². The van der Waals surface area contributed by atoms with Crippen LogP contribution in [0, 0.1) is 10.1 Å². The van der Waals surface area contributed by atoms with E-state index in [2.05, 4.69) is 4.74 Å². The third kappa shape index (κ3) is 3.20. The molecule has 0 aliphatic heterocycles. The first-order chi connectivity index (χ1) is 9.21. The summed E-state index contributed by atoms with van der Waals surface area (Å²) in [5.41, 5.74) is 4.11. The number of alkyl halides is 2. The van der Waals surface area contributed by atoms with Gasteiger partial charge in [-0.25, -0.2) is 4.79 Å². The first-order valence-electron chi connectivity index (χ1n) is 5.46. The topological polar surface area (TPSA) is 95.5 Å². The molecule has 1 atom stereocenters. The Balaban J connectivity index is 3.26. The zero-order valence-electron chi connectivity index (χ0n) is 10.3. The zero-order chi connectivity index (χ0) is 15.5. The van der Waals surface area contributed by atoms with Gasteiger partial charge in [-0.3, -0.25) is 10.1 Å². The molecule has 9 heteroatoms. The van der Waals surface area contributed by atoms with E-state index in [9.17, 15) is 23.7 Å². The first kappa shape index (κ1) is 16.3. The summed E-state index contributed by atoms with van der Waals surface area (Å²) in [5.74, 6) is -5.95. The van der Waals surface area contributed by atoms with Crippen LogP contribution in [0.3, 0.4) is 0 Å². The maximum atomic E-state index is 13.8. The number of nitro benzene ring substituents is 1. The van der Waals surface area contributed by atoms with E-state index in [0.29, 0.717) is 0 Å². The van der Waals surface area contributed by atoms with Gasteiger partial charge in [-0.1, -0.05) is 11.6 Å². The number of hydrogen-bond donors (Lipinski definition) is 1. The summed E-state index contributed by atoms with van der Waals surface area (Å²) in [6.07, 6.45) is 0. The monoisotopic (exact) mass is 308 g/mol. The van der Waals surface area contributed by atoms with Crippen molar-refractivity contribution in [1.29, 1.82) is 0 Å². The molecule has 0 unspecified atom stereocenters. The van der Waals surface area contributed by atoms with Crippen LogP contribution >= 0.6 is 11.6 Å². The highest BCUT2D eigenvalue weighted by Crippen LogP contribution is 2.36. The highest BCUT2D eigenvalue weighted by Gasteiger charge is 2.49. The van der Waals surface area contributed by atoms with Crippen molar-refractivity contribution >= 4 is 23.3 Å². The summed E-state index contributed by atoms with van der Waals surface area (Å²) < 4.78 is 31.8. The second-order valence-electron chi connectivity index (χ2n) is 3.78. The second-order valence-corrected chi connectivity index (χ2v) is 4.22. The van der Waals surface area contributed by atoms with E-state index in [0.717, 1.165) is 12.1 Å². The fourth-order valence-corrected chi connectivity index (χ4v) is 1.67. The number of carbonyl (C=O) groups is 1. The smallest absolute Gasteiger partial charge is 0.379 e. The lowest BCUT2D eigenvalue weighted by Crippen LogP contribution is -2.42. The minimum Gasteiger partial charge on any atom is -0.462 e. The van der Waals surface area contributed by atoms with Crippen LogP contribution < -0.4 is 5.73 Å². The van der Waals surface area contributed by atoms with Crippen molar-refractivity contribution in [2.75, 3.05) is 6.61 Å². The zero-order valence-corrected chi connectivity index (χ0v) is 11.1. The minimum absolute atomic E-state index is 0.0132. The molecule has 2 N–H and O–H groups in total. The Hall–Kier alpha value is -1.80. The lowest BCUT2D eigenvalue weighted by atomic mass is 9.99.